The van der Waals surface area contributed by atoms with Crippen LogP contribution in [0.5, 0.6) is 5.75 Å². The van der Waals surface area contributed by atoms with Gasteiger partial charge in [-0.3, -0.25) is 4.98 Å². The first-order valence-corrected chi connectivity index (χ1v) is 8.23. The first kappa shape index (κ1) is 18.5. The molecule has 0 atom stereocenters. The summed E-state index contributed by atoms with van der Waals surface area (Å²) in [6, 6.07) is 16.4. The molecular weight excluding hydrogens is 356 g/mol. The molecule has 3 aromatic rings. The third kappa shape index (κ3) is 3.35. The molecular formula is C19H14N8O. The molecule has 0 unspecified atom stereocenters. The highest BCUT2D eigenvalue weighted by atomic mass is 16.5. The lowest BCUT2D eigenvalue weighted by Gasteiger charge is -2.23. The second-order valence-electron chi connectivity index (χ2n) is 5.87. The smallest absolute Gasteiger partial charge is 0.223 e. The second-order valence-corrected chi connectivity index (χ2v) is 5.87. The number of benzene rings is 1. The lowest BCUT2D eigenvalue weighted by Crippen LogP contribution is -2.24. The van der Waals surface area contributed by atoms with E-state index in [0.29, 0.717) is 28.5 Å². The molecule has 3 rings (SSSR count). The number of methoxy groups -OCH3 is 1. The Morgan fingerprint density at radius 3 is 2.50 bits per heavy atom. The average Bonchev–Trinajstić information content (AvgIpc) is 3.24. The van der Waals surface area contributed by atoms with E-state index in [9.17, 15) is 5.26 Å². The number of ether oxygens (including phenoxy) is 1. The van der Waals surface area contributed by atoms with E-state index in [1.165, 1.54) is 11.9 Å². The number of nitriles is 3. The van der Waals surface area contributed by atoms with Crippen molar-refractivity contribution < 1.29 is 4.74 Å². The number of pyridine rings is 1. The van der Waals surface area contributed by atoms with Crippen molar-refractivity contribution in [2.45, 2.75) is 18.3 Å². The van der Waals surface area contributed by atoms with Gasteiger partial charge in [0.1, 0.15) is 16.9 Å². The highest BCUT2D eigenvalue weighted by Crippen LogP contribution is 2.38. The molecule has 0 aliphatic carbocycles. The molecule has 136 valence electrons. The van der Waals surface area contributed by atoms with Crippen molar-refractivity contribution in [1.29, 1.82) is 15.8 Å². The number of aromatic nitrogens is 5. The molecule has 1 aromatic carbocycles. The van der Waals surface area contributed by atoms with Crippen LogP contribution in [-0.4, -0.2) is 32.3 Å². The van der Waals surface area contributed by atoms with Crippen LogP contribution in [0.25, 0.3) is 17.2 Å². The SMILES string of the molecule is COc1cc(-n2nnc(-c3ccccn3)n2)ccc1C(C#N)(CC#N)CC#N. The Kier molecular flexibility index (Phi) is 5.25. The summed E-state index contributed by atoms with van der Waals surface area (Å²) < 4.78 is 5.43. The van der Waals surface area contributed by atoms with Gasteiger partial charge in [0.15, 0.2) is 0 Å². The summed E-state index contributed by atoms with van der Waals surface area (Å²) in [5.41, 5.74) is 0.330. The molecule has 0 spiro atoms. The van der Waals surface area contributed by atoms with Crippen molar-refractivity contribution >= 4 is 0 Å². The Bertz CT molecular complexity index is 1090. The Morgan fingerprint density at radius 1 is 1.11 bits per heavy atom. The fraction of sp³-hybridized carbons (Fsp3) is 0.211. The predicted molar refractivity (Wildman–Crippen MR) is 96.7 cm³/mol. The largest absolute Gasteiger partial charge is 0.496 e. The third-order valence-corrected chi connectivity index (χ3v) is 4.21. The summed E-state index contributed by atoms with van der Waals surface area (Å²) in [5.74, 6) is 0.727. The van der Waals surface area contributed by atoms with E-state index in [4.69, 9.17) is 15.3 Å². The molecule has 0 N–H and O–H groups in total. The van der Waals surface area contributed by atoms with Crippen LogP contribution < -0.4 is 4.74 Å². The molecule has 0 saturated carbocycles. The van der Waals surface area contributed by atoms with Crippen molar-refractivity contribution in [3.05, 3.63) is 48.2 Å². The Labute approximate surface area is 161 Å². The molecule has 0 bridgehead atoms. The van der Waals surface area contributed by atoms with Gasteiger partial charge in [0.2, 0.25) is 5.82 Å². The van der Waals surface area contributed by atoms with E-state index in [0.717, 1.165) is 0 Å². The van der Waals surface area contributed by atoms with Crippen LogP contribution in [0.1, 0.15) is 18.4 Å². The van der Waals surface area contributed by atoms with E-state index in [1.54, 1.807) is 36.5 Å². The summed E-state index contributed by atoms with van der Waals surface area (Å²) in [4.78, 5) is 5.51. The van der Waals surface area contributed by atoms with E-state index >= 15 is 0 Å². The van der Waals surface area contributed by atoms with Crippen LogP contribution >= 0.6 is 0 Å². The number of hydrogen-bond acceptors (Lipinski definition) is 8. The summed E-state index contributed by atoms with van der Waals surface area (Å²) >= 11 is 0. The lowest BCUT2D eigenvalue weighted by atomic mass is 9.76. The number of rotatable bonds is 6. The van der Waals surface area contributed by atoms with Crippen molar-refractivity contribution in [1.82, 2.24) is 25.2 Å². The van der Waals surface area contributed by atoms with Crippen molar-refractivity contribution in [3.63, 3.8) is 0 Å². The quantitative estimate of drug-likeness (QED) is 0.644. The summed E-state index contributed by atoms with van der Waals surface area (Å²) in [7, 11) is 1.46. The van der Waals surface area contributed by atoms with Gasteiger partial charge in [-0.1, -0.05) is 12.1 Å². The van der Waals surface area contributed by atoms with Gasteiger partial charge in [0, 0.05) is 17.8 Å². The fourth-order valence-corrected chi connectivity index (χ4v) is 2.78. The van der Waals surface area contributed by atoms with E-state index in [-0.39, 0.29) is 12.8 Å². The van der Waals surface area contributed by atoms with Gasteiger partial charge in [-0.25, -0.2) is 0 Å². The Hall–Kier alpha value is -4.29. The molecule has 2 aromatic heterocycles. The molecule has 9 heteroatoms. The van der Waals surface area contributed by atoms with Crippen LogP contribution in [0.4, 0.5) is 0 Å². The van der Waals surface area contributed by atoms with Crippen LogP contribution in [0.2, 0.25) is 0 Å². The molecule has 0 aliphatic heterocycles. The van der Waals surface area contributed by atoms with Gasteiger partial charge in [0.05, 0.1) is 43.8 Å². The number of tetrazole rings is 1. The predicted octanol–water partition coefficient (Wildman–Crippen LogP) is 2.32. The van der Waals surface area contributed by atoms with Gasteiger partial charge >= 0.3 is 0 Å². The number of hydrogen-bond donors (Lipinski definition) is 0. The maximum atomic E-state index is 9.67. The van der Waals surface area contributed by atoms with Gasteiger partial charge in [-0.15, -0.1) is 15.0 Å². The van der Waals surface area contributed by atoms with Crippen LogP contribution in [0, 0.1) is 34.0 Å². The fourth-order valence-electron chi connectivity index (χ4n) is 2.78. The third-order valence-electron chi connectivity index (χ3n) is 4.21. The zero-order valence-corrected chi connectivity index (χ0v) is 14.9. The molecule has 9 nitrogen and oxygen atoms in total. The Balaban J connectivity index is 2.03. The monoisotopic (exact) mass is 370 g/mol. The van der Waals surface area contributed by atoms with Crippen LogP contribution in [0.3, 0.4) is 0 Å². The summed E-state index contributed by atoms with van der Waals surface area (Å²) in [5, 5.41) is 40.3. The highest BCUT2D eigenvalue weighted by Gasteiger charge is 2.35. The minimum atomic E-state index is -1.28. The Morgan fingerprint density at radius 2 is 1.89 bits per heavy atom. The van der Waals surface area contributed by atoms with Crippen molar-refractivity contribution in [2.24, 2.45) is 0 Å². The van der Waals surface area contributed by atoms with Gasteiger partial charge in [-0.2, -0.15) is 15.8 Å². The zero-order valence-electron chi connectivity index (χ0n) is 14.9. The molecule has 0 radical (unpaired) electrons. The topological polar surface area (TPSA) is 137 Å². The molecule has 0 fully saturated rings. The molecule has 0 amide bonds. The maximum absolute atomic E-state index is 9.67. The average molecular weight is 370 g/mol. The first-order valence-electron chi connectivity index (χ1n) is 8.23. The van der Waals surface area contributed by atoms with Crippen molar-refractivity contribution in [3.8, 4) is 41.2 Å². The summed E-state index contributed by atoms with van der Waals surface area (Å²) in [6.45, 7) is 0. The van der Waals surface area contributed by atoms with Gasteiger partial charge in [-0.05, 0) is 23.4 Å². The first-order chi connectivity index (χ1) is 13.7. The standard InChI is InChI=1S/C19H14N8O/c1-28-17-12-14(5-6-15(17)19(13-22,7-9-20)8-10-21)27-25-18(24-26-27)16-4-2-3-11-23-16/h2-6,11-12H,7-8H2,1H3. The van der Waals surface area contributed by atoms with Crippen LogP contribution in [-0.2, 0) is 5.41 Å². The molecule has 0 aliphatic rings. The normalized spacial score (nSPS) is 10.5. The van der Waals surface area contributed by atoms with E-state index in [2.05, 4.69) is 26.5 Å². The van der Waals surface area contributed by atoms with Gasteiger partial charge < -0.3 is 4.74 Å². The maximum Gasteiger partial charge on any atom is 0.223 e. The van der Waals surface area contributed by atoms with E-state index in [1.807, 2.05) is 18.2 Å². The zero-order chi connectivity index (χ0) is 20.0. The number of nitrogens with zero attached hydrogens (tertiary/aromatic N) is 8. The van der Waals surface area contributed by atoms with Crippen molar-refractivity contribution in [2.75, 3.05) is 7.11 Å². The molecule has 0 saturated heterocycles. The highest BCUT2D eigenvalue weighted by molar-refractivity contribution is 5.52. The minimum absolute atomic E-state index is 0.127. The second kappa shape index (κ2) is 7.94. The van der Waals surface area contributed by atoms with E-state index < -0.39 is 5.41 Å². The molecule has 28 heavy (non-hydrogen) atoms. The van der Waals surface area contributed by atoms with Crippen LogP contribution in [0.15, 0.2) is 42.6 Å². The molecule has 2 heterocycles. The summed E-state index contributed by atoms with van der Waals surface area (Å²) in [6.07, 6.45) is 1.38. The van der Waals surface area contributed by atoms with Gasteiger partial charge in [0.25, 0.3) is 0 Å². The minimum Gasteiger partial charge on any atom is -0.496 e. The lowest BCUT2D eigenvalue weighted by molar-refractivity contribution is 0.397.